The van der Waals surface area contributed by atoms with Gasteiger partial charge in [-0.1, -0.05) is 24.3 Å². The molecule has 2 rings (SSSR count). The Kier molecular flexibility index (Phi) is 3.82. The normalized spacial score (nSPS) is 10.0. The van der Waals surface area contributed by atoms with Gasteiger partial charge in [-0.05, 0) is 35.7 Å². The van der Waals surface area contributed by atoms with E-state index in [1.807, 2.05) is 13.0 Å². The number of nitrogens with zero attached hydrogens (tertiary/aromatic N) is 1. The molecule has 0 heterocycles. The van der Waals surface area contributed by atoms with Crippen LogP contribution in [0.2, 0.25) is 0 Å². The Bertz CT molecular complexity index is 644. The van der Waals surface area contributed by atoms with Crippen LogP contribution in [0.25, 0.3) is 0 Å². The SMILES string of the molecule is COc1ccc(C)c(Cc2ccccc2F)c1C#N. The summed E-state index contributed by atoms with van der Waals surface area (Å²) in [6, 6.07) is 12.4. The molecule has 0 radical (unpaired) electrons. The lowest BCUT2D eigenvalue weighted by Gasteiger charge is -2.12. The maximum atomic E-state index is 13.7. The van der Waals surface area contributed by atoms with E-state index in [1.165, 1.54) is 13.2 Å². The molecule has 0 bridgehead atoms. The summed E-state index contributed by atoms with van der Waals surface area (Å²) in [5.41, 5.74) is 2.83. The lowest BCUT2D eigenvalue weighted by atomic mass is 9.95. The predicted molar refractivity (Wildman–Crippen MR) is 71.7 cm³/mol. The first-order chi connectivity index (χ1) is 9.17. The maximum Gasteiger partial charge on any atom is 0.136 e. The van der Waals surface area contributed by atoms with Gasteiger partial charge in [-0.25, -0.2) is 4.39 Å². The van der Waals surface area contributed by atoms with Crippen LogP contribution in [0, 0.1) is 24.1 Å². The molecule has 0 saturated carbocycles. The highest BCUT2D eigenvalue weighted by molar-refractivity contribution is 5.53. The minimum absolute atomic E-state index is 0.256. The van der Waals surface area contributed by atoms with Crippen molar-refractivity contribution in [2.75, 3.05) is 7.11 Å². The van der Waals surface area contributed by atoms with Crippen LogP contribution in [-0.4, -0.2) is 7.11 Å². The van der Waals surface area contributed by atoms with E-state index < -0.39 is 0 Å². The van der Waals surface area contributed by atoms with Gasteiger partial charge < -0.3 is 4.74 Å². The quantitative estimate of drug-likeness (QED) is 0.839. The Hall–Kier alpha value is -2.34. The maximum absolute atomic E-state index is 13.7. The summed E-state index contributed by atoms with van der Waals surface area (Å²) in [6.45, 7) is 1.91. The Labute approximate surface area is 112 Å². The molecule has 2 aromatic carbocycles. The molecule has 2 nitrogen and oxygen atoms in total. The third-order valence-corrected chi connectivity index (χ3v) is 3.17. The van der Waals surface area contributed by atoms with Gasteiger partial charge in [-0.2, -0.15) is 5.26 Å². The number of halogens is 1. The molecule has 0 spiro atoms. The second-order valence-electron chi connectivity index (χ2n) is 4.32. The lowest BCUT2D eigenvalue weighted by molar-refractivity contribution is 0.413. The smallest absolute Gasteiger partial charge is 0.136 e. The van der Waals surface area contributed by atoms with Gasteiger partial charge in [0, 0.05) is 6.42 Å². The number of hydrogen-bond acceptors (Lipinski definition) is 2. The molecule has 19 heavy (non-hydrogen) atoms. The molecule has 0 saturated heterocycles. The summed E-state index contributed by atoms with van der Waals surface area (Å²) in [6.07, 6.45) is 0.387. The third kappa shape index (κ3) is 2.58. The Morgan fingerprint density at radius 2 is 1.95 bits per heavy atom. The molecule has 96 valence electrons. The number of nitriles is 1. The number of aryl methyl sites for hydroxylation is 1. The number of methoxy groups -OCH3 is 1. The highest BCUT2D eigenvalue weighted by atomic mass is 19.1. The van der Waals surface area contributed by atoms with Gasteiger partial charge in [0.2, 0.25) is 0 Å². The van der Waals surface area contributed by atoms with Crippen molar-refractivity contribution in [1.29, 1.82) is 5.26 Å². The number of ether oxygens (including phenoxy) is 1. The number of rotatable bonds is 3. The summed E-state index contributed by atoms with van der Waals surface area (Å²) in [7, 11) is 1.53. The van der Waals surface area contributed by atoms with Crippen molar-refractivity contribution in [2.24, 2.45) is 0 Å². The third-order valence-electron chi connectivity index (χ3n) is 3.17. The fraction of sp³-hybridized carbons (Fsp3) is 0.188. The molecule has 0 amide bonds. The van der Waals surface area contributed by atoms with Gasteiger partial charge in [-0.15, -0.1) is 0 Å². The van der Waals surface area contributed by atoms with Crippen LogP contribution in [0.1, 0.15) is 22.3 Å². The van der Waals surface area contributed by atoms with Crippen LogP contribution in [0.4, 0.5) is 4.39 Å². The molecular formula is C16H14FNO. The van der Waals surface area contributed by atoms with Crippen molar-refractivity contribution in [2.45, 2.75) is 13.3 Å². The Balaban J connectivity index is 2.51. The van der Waals surface area contributed by atoms with Crippen LogP contribution in [0.15, 0.2) is 36.4 Å². The molecule has 0 aromatic heterocycles. The van der Waals surface area contributed by atoms with E-state index >= 15 is 0 Å². The summed E-state index contributed by atoms with van der Waals surface area (Å²) in [5, 5.41) is 9.28. The molecular weight excluding hydrogens is 241 g/mol. The summed E-state index contributed by atoms with van der Waals surface area (Å²) in [5.74, 6) is 0.271. The van der Waals surface area contributed by atoms with E-state index in [4.69, 9.17) is 4.74 Å². The largest absolute Gasteiger partial charge is 0.495 e. The fourth-order valence-electron chi connectivity index (χ4n) is 2.08. The zero-order valence-corrected chi connectivity index (χ0v) is 10.9. The van der Waals surface area contributed by atoms with E-state index in [9.17, 15) is 9.65 Å². The van der Waals surface area contributed by atoms with E-state index in [-0.39, 0.29) is 5.82 Å². The van der Waals surface area contributed by atoms with E-state index in [1.54, 1.807) is 24.3 Å². The minimum atomic E-state index is -0.256. The minimum Gasteiger partial charge on any atom is -0.495 e. The van der Waals surface area contributed by atoms with Crippen molar-refractivity contribution in [3.63, 3.8) is 0 Å². The van der Waals surface area contributed by atoms with Gasteiger partial charge in [0.25, 0.3) is 0 Å². The molecule has 2 aromatic rings. The van der Waals surface area contributed by atoms with Crippen molar-refractivity contribution in [1.82, 2.24) is 0 Å². The molecule has 0 fully saturated rings. The summed E-state index contributed by atoms with van der Waals surface area (Å²) >= 11 is 0. The van der Waals surface area contributed by atoms with Gasteiger partial charge in [0.15, 0.2) is 0 Å². The van der Waals surface area contributed by atoms with Crippen molar-refractivity contribution < 1.29 is 9.13 Å². The zero-order valence-electron chi connectivity index (χ0n) is 10.9. The first-order valence-corrected chi connectivity index (χ1v) is 5.97. The highest BCUT2D eigenvalue weighted by Gasteiger charge is 2.13. The van der Waals surface area contributed by atoms with Crippen LogP contribution in [0.5, 0.6) is 5.75 Å². The molecule has 0 N–H and O–H groups in total. The average Bonchev–Trinajstić information content (AvgIpc) is 2.43. The standard InChI is InChI=1S/C16H14FNO/c1-11-7-8-16(19-2)14(10-18)13(11)9-12-5-3-4-6-15(12)17/h3-8H,9H2,1-2H3. The number of hydrogen-bond donors (Lipinski definition) is 0. The monoisotopic (exact) mass is 255 g/mol. The average molecular weight is 255 g/mol. The molecule has 0 aliphatic rings. The second-order valence-corrected chi connectivity index (χ2v) is 4.32. The Morgan fingerprint density at radius 3 is 2.58 bits per heavy atom. The molecule has 0 aliphatic carbocycles. The first-order valence-electron chi connectivity index (χ1n) is 5.97. The molecule has 0 unspecified atom stereocenters. The molecule has 3 heteroatoms. The van der Waals surface area contributed by atoms with Gasteiger partial charge in [0.05, 0.1) is 12.7 Å². The van der Waals surface area contributed by atoms with Gasteiger partial charge >= 0.3 is 0 Å². The fourth-order valence-corrected chi connectivity index (χ4v) is 2.08. The van der Waals surface area contributed by atoms with Crippen molar-refractivity contribution in [3.8, 4) is 11.8 Å². The lowest BCUT2D eigenvalue weighted by Crippen LogP contribution is -2.01. The van der Waals surface area contributed by atoms with Crippen molar-refractivity contribution >= 4 is 0 Å². The van der Waals surface area contributed by atoms with Gasteiger partial charge in [0.1, 0.15) is 17.6 Å². The van der Waals surface area contributed by atoms with Gasteiger partial charge in [-0.3, -0.25) is 0 Å². The van der Waals surface area contributed by atoms with Crippen LogP contribution < -0.4 is 4.74 Å². The van der Waals surface area contributed by atoms with E-state index in [2.05, 4.69) is 6.07 Å². The van der Waals surface area contributed by atoms with E-state index in [0.717, 1.165) is 11.1 Å². The summed E-state index contributed by atoms with van der Waals surface area (Å²) < 4.78 is 18.9. The van der Waals surface area contributed by atoms with Crippen LogP contribution in [0.3, 0.4) is 0 Å². The Morgan fingerprint density at radius 1 is 1.21 bits per heavy atom. The molecule has 0 atom stereocenters. The van der Waals surface area contributed by atoms with Crippen LogP contribution in [-0.2, 0) is 6.42 Å². The second kappa shape index (κ2) is 5.53. The van der Waals surface area contributed by atoms with E-state index in [0.29, 0.717) is 23.3 Å². The van der Waals surface area contributed by atoms with Crippen molar-refractivity contribution in [3.05, 3.63) is 64.5 Å². The topological polar surface area (TPSA) is 33.0 Å². The first kappa shape index (κ1) is 13.1. The van der Waals surface area contributed by atoms with Crippen LogP contribution >= 0.6 is 0 Å². The highest BCUT2D eigenvalue weighted by Crippen LogP contribution is 2.27. The molecule has 0 aliphatic heterocycles. The zero-order chi connectivity index (χ0) is 13.8. The predicted octanol–water partition coefficient (Wildman–Crippen LogP) is 3.61. The number of benzene rings is 2. The summed E-state index contributed by atoms with van der Waals surface area (Å²) in [4.78, 5) is 0.